The highest BCUT2D eigenvalue weighted by atomic mass is 79.9. The molecular weight excluding hydrogens is 464 g/mol. The van der Waals surface area contributed by atoms with Crippen LogP contribution in [0.1, 0.15) is 50.4 Å². The van der Waals surface area contributed by atoms with Crippen molar-refractivity contribution in [3.63, 3.8) is 0 Å². The number of benzene rings is 2. The molecule has 2 bridgehead atoms. The van der Waals surface area contributed by atoms with Gasteiger partial charge in [0.1, 0.15) is 0 Å². The third-order valence-corrected chi connectivity index (χ3v) is 8.25. The molecule has 0 aliphatic heterocycles. The molecule has 0 fully saturated rings. The van der Waals surface area contributed by atoms with Crippen molar-refractivity contribution in [3.05, 3.63) is 83.2 Å². The summed E-state index contributed by atoms with van der Waals surface area (Å²) in [6, 6.07) is 21.5. The summed E-state index contributed by atoms with van der Waals surface area (Å²) in [5, 5.41) is 2.43. The van der Waals surface area contributed by atoms with E-state index in [0.29, 0.717) is 11.8 Å². The van der Waals surface area contributed by atoms with Crippen molar-refractivity contribution in [3.8, 4) is 0 Å². The zero-order chi connectivity index (χ0) is 18.1. The molecule has 132 valence electrons. The molecule has 0 saturated heterocycles. The van der Waals surface area contributed by atoms with E-state index < -0.39 is 0 Å². The van der Waals surface area contributed by atoms with Gasteiger partial charge in [-0.2, -0.15) is 0 Å². The van der Waals surface area contributed by atoms with Gasteiger partial charge in [0, 0.05) is 22.6 Å². The molecule has 4 heteroatoms. The second-order valence-corrected chi connectivity index (χ2v) is 9.54. The van der Waals surface area contributed by atoms with Gasteiger partial charge < -0.3 is 0 Å². The van der Waals surface area contributed by atoms with Crippen LogP contribution in [-0.2, 0) is 0 Å². The topological polar surface area (TPSA) is 25.8 Å². The number of para-hydroxylation sites is 2. The summed E-state index contributed by atoms with van der Waals surface area (Å²) in [5.41, 5.74) is 7.24. The van der Waals surface area contributed by atoms with Gasteiger partial charge in [-0.1, -0.05) is 68.3 Å². The lowest BCUT2D eigenvalue weighted by Crippen LogP contribution is -2.29. The molecule has 0 radical (unpaired) electrons. The number of pyridine rings is 2. The Morgan fingerprint density at radius 2 is 1.11 bits per heavy atom. The largest absolute Gasteiger partial charge is 0.251 e. The highest BCUT2D eigenvalue weighted by Crippen LogP contribution is 2.60. The van der Waals surface area contributed by atoms with Crippen molar-refractivity contribution in [2.45, 2.75) is 27.9 Å². The van der Waals surface area contributed by atoms with Crippen LogP contribution in [0.2, 0.25) is 0 Å². The summed E-state index contributed by atoms with van der Waals surface area (Å²) >= 11 is 8.02. The van der Waals surface area contributed by atoms with E-state index in [0.717, 1.165) is 17.5 Å². The zero-order valence-electron chi connectivity index (χ0n) is 14.4. The number of hydrogen-bond donors (Lipinski definition) is 0. The third-order valence-electron chi connectivity index (χ3n) is 6.10. The fourth-order valence-corrected chi connectivity index (χ4v) is 6.53. The van der Waals surface area contributed by atoms with Gasteiger partial charge in [0.25, 0.3) is 0 Å². The Balaban J connectivity index is 1.61. The van der Waals surface area contributed by atoms with Gasteiger partial charge in [0.2, 0.25) is 0 Å². The van der Waals surface area contributed by atoms with Crippen LogP contribution < -0.4 is 0 Å². The predicted octanol–water partition coefficient (Wildman–Crippen LogP) is 6.94. The predicted molar refractivity (Wildman–Crippen MR) is 117 cm³/mol. The molecule has 2 nitrogen and oxygen atoms in total. The summed E-state index contributed by atoms with van der Waals surface area (Å²) in [4.78, 5) is 10.6. The van der Waals surface area contributed by atoms with Gasteiger partial charge in [-0.3, -0.25) is 9.97 Å². The van der Waals surface area contributed by atoms with Gasteiger partial charge in [-0.25, -0.2) is 0 Å². The number of nitrogens with zero attached hydrogens (tertiary/aromatic N) is 2. The molecule has 0 amide bonds. The Labute approximate surface area is 174 Å². The van der Waals surface area contributed by atoms with Crippen molar-refractivity contribution >= 4 is 53.7 Å². The first kappa shape index (κ1) is 16.2. The minimum Gasteiger partial charge on any atom is -0.251 e. The van der Waals surface area contributed by atoms with Gasteiger partial charge in [0.15, 0.2) is 0 Å². The van der Waals surface area contributed by atoms with Gasteiger partial charge in [-0.15, -0.1) is 0 Å². The average Bonchev–Trinajstić information content (AvgIpc) is 2.71. The first-order valence-electron chi connectivity index (χ1n) is 9.28. The first-order valence-corrected chi connectivity index (χ1v) is 11.1. The minimum absolute atomic E-state index is 0.218. The monoisotopic (exact) mass is 478 g/mol. The van der Waals surface area contributed by atoms with E-state index >= 15 is 0 Å². The molecular formula is C23H16Br2N2. The maximum atomic E-state index is 5.06. The smallest absolute Gasteiger partial charge is 0.0706 e. The number of aromatic nitrogens is 2. The Morgan fingerprint density at radius 1 is 0.667 bits per heavy atom. The van der Waals surface area contributed by atoms with Crippen molar-refractivity contribution in [2.75, 3.05) is 0 Å². The van der Waals surface area contributed by atoms with E-state index in [1.54, 1.807) is 0 Å². The van der Waals surface area contributed by atoms with E-state index in [1.807, 2.05) is 0 Å². The normalized spacial score (nSPS) is 26.0. The van der Waals surface area contributed by atoms with Crippen LogP contribution in [0, 0.1) is 0 Å². The molecule has 2 aromatic carbocycles. The van der Waals surface area contributed by atoms with Crippen molar-refractivity contribution in [2.24, 2.45) is 0 Å². The maximum Gasteiger partial charge on any atom is 0.0706 e. The van der Waals surface area contributed by atoms with Gasteiger partial charge >= 0.3 is 0 Å². The van der Waals surface area contributed by atoms with E-state index in [2.05, 4.69) is 92.5 Å². The van der Waals surface area contributed by atoms with Crippen LogP contribution in [-0.4, -0.2) is 9.97 Å². The SMILES string of the molecule is Br[C@@H]1c2nc3ccccc3cc2[C@@H]2C[C@H]1c1cc3ccccc3nc1[C@H]2Br. The molecule has 2 heterocycles. The molecule has 0 N–H and O–H groups in total. The molecule has 4 atom stereocenters. The molecule has 27 heavy (non-hydrogen) atoms. The van der Waals surface area contributed by atoms with Crippen LogP contribution in [0.3, 0.4) is 0 Å². The minimum atomic E-state index is 0.218. The quantitative estimate of drug-likeness (QED) is 0.255. The zero-order valence-corrected chi connectivity index (χ0v) is 17.6. The Morgan fingerprint density at radius 3 is 1.59 bits per heavy atom. The summed E-state index contributed by atoms with van der Waals surface area (Å²) < 4.78 is 0. The molecule has 0 unspecified atom stereocenters. The van der Waals surface area contributed by atoms with E-state index in [-0.39, 0.29) is 9.65 Å². The highest BCUT2D eigenvalue weighted by molar-refractivity contribution is 9.09. The number of fused-ring (bicyclic) bond motifs is 8. The molecule has 2 aromatic heterocycles. The summed E-state index contributed by atoms with van der Waals surface area (Å²) in [7, 11) is 0. The number of halogens is 2. The summed E-state index contributed by atoms with van der Waals surface area (Å²) in [6.45, 7) is 0. The number of hydrogen-bond acceptors (Lipinski definition) is 2. The second kappa shape index (κ2) is 5.86. The fraction of sp³-hybridized carbons (Fsp3) is 0.217. The summed E-state index contributed by atoms with van der Waals surface area (Å²) in [6.07, 6.45) is 1.12. The Hall–Kier alpha value is -1.78. The lowest BCUT2D eigenvalue weighted by Gasteiger charge is -2.42. The Kier molecular flexibility index (Phi) is 3.51. The lowest BCUT2D eigenvalue weighted by molar-refractivity contribution is 0.442. The highest BCUT2D eigenvalue weighted by Gasteiger charge is 2.45. The molecule has 0 saturated carbocycles. The molecule has 2 aliphatic rings. The first-order chi connectivity index (χ1) is 13.2. The summed E-state index contributed by atoms with van der Waals surface area (Å²) in [5.74, 6) is 0.800. The number of alkyl halides is 2. The van der Waals surface area contributed by atoms with Crippen LogP contribution >= 0.6 is 31.9 Å². The molecule has 4 aromatic rings. The van der Waals surface area contributed by atoms with Crippen molar-refractivity contribution in [1.82, 2.24) is 9.97 Å². The van der Waals surface area contributed by atoms with Crippen molar-refractivity contribution < 1.29 is 0 Å². The molecule has 0 spiro atoms. The van der Waals surface area contributed by atoms with Gasteiger partial charge in [-0.05, 0) is 41.8 Å². The van der Waals surface area contributed by atoms with Crippen LogP contribution in [0.4, 0.5) is 0 Å². The van der Waals surface area contributed by atoms with Gasteiger partial charge in [0.05, 0.1) is 32.1 Å². The third kappa shape index (κ3) is 2.29. The Bertz CT molecular complexity index is 1120. The maximum absolute atomic E-state index is 5.06. The van der Waals surface area contributed by atoms with Crippen LogP contribution in [0.5, 0.6) is 0 Å². The van der Waals surface area contributed by atoms with E-state index in [1.165, 1.54) is 33.3 Å². The second-order valence-electron chi connectivity index (χ2n) is 7.56. The van der Waals surface area contributed by atoms with E-state index in [9.17, 15) is 0 Å². The van der Waals surface area contributed by atoms with E-state index in [4.69, 9.17) is 9.97 Å². The average molecular weight is 480 g/mol. The number of rotatable bonds is 0. The molecule has 6 rings (SSSR count). The molecule has 2 aliphatic carbocycles. The standard InChI is InChI=1S/C23H16Br2N2/c24-20-14-11-15(17-10-13-6-2-4-8-19(13)27-23(17)20)21(25)22-16(14)9-12-5-1-3-7-18(12)26-22/h1-10,14-15,20-21H,11H2/t14-,15-,20-,21-/m0/s1. The van der Waals surface area contributed by atoms with Crippen molar-refractivity contribution in [1.29, 1.82) is 0 Å². The fourth-order valence-electron chi connectivity index (χ4n) is 4.79. The van der Waals surface area contributed by atoms with Crippen LogP contribution in [0.25, 0.3) is 21.8 Å². The van der Waals surface area contributed by atoms with Crippen LogP contribution in [0.15, 0.2) is 60.7 Å². The lowest BCUT2D eigenvalue weighted by atomic mass is 9.69.